The van der Waals surface area contributed by atoms with Crippen LogP contribution in [0.5, 0.6) is 0 Å². The largest absolute Gasteiger partial charge is 0.340 e. The smallest absolute Gasteiger partial charge is 0.324 e. The van der Waals surface area contributed by atoms with Gasteiger partial charge < -0.3 is 14.4 Å². The molecule has 38 heavy (non-hydrogen) atoms. The third-order valence-electron chi connectivity index (χ3n) is 8.37. The second-order valence-corrected chi connectivity index (χ2v) is 10.7. The molecule has 190 valence electrons. The molecular formula is C30H29N7O. The van der Waals surface area contributed by atoms with E-state index >= 15 is 0 Å². The molecule has 0 radical (unpaired) electrons. The summed E-state index contributed by atoms with van der Waals surface area (Å²) >= 11 is 0. The Morgan fingerprint density at radius 3 is 2.61 bits per heavy atom. The number of benzene rings is 2. The van der Waals surface area contributed by atoms with Crippen molar-refractivity contribution < 1.29 is 4.79 Å². The predicted molar refractivity (Wildman–Crippen MR) is 148 cm³/mol. The molecular weight excluding hydrogens is 474 g/mol. The van der Waals surface area contributed by atoms with Crippen molar-refractivity contribution in [3.63, 3.8) is 0 Å². The number of fused-ring (bicyclic) bond motifs is 5. The van der Waals surface area contributed by atoms with Gasteiger partial charge in [0, 0.05) is 61.6 Å². The van der Waals surface area contributed by atoms with Gasteiger partial charge in [0.1, 0.15) is 0 Å². The van der Waals surface area contributed by atoms with Crippen LogP contribution in [0.15, 0.2) is 67.1 Å². The van der Waals surface area contributed by atoms with Crippen LogP contribution in [0.3, 0.4) is 0 Å². The van der Waals surface area contributed by atoms with Gasteiger partial charge in [-0.25, -0.2) is 14.6 Å². The van der Waals surface area contributed by atoms with Crippen molar-refractivity contribution in [2.24, 2.45) is 0 Å². The highest BCUT2D eigenvalue weighted by molar-refractivity contribution is 5.94. The van der Waals surface area contributed by atoms with Crippen LogP contribution in [0.4, 0.5) is 16.2 Å². The van der Waals surface area contributed by atoms with Crippen LogP contribution >= 0.6 is 0 Å². The van der Waals surface area contributed by atoms with E-state index in [-0.39, 0.29) is 6.03 Å². The van der Waals surface area contributed by atoms with Gasteiger partial charge in [-0.15, -0.1) is 0 Å². The van der Waals surface area contributed by atoms with Gasteiger partial charge in [-0.05, 0) is 62.3 Å². The lowest BCUT2D eigenvalue weighted by Crippen LogP contribution is -2.53. The molecule has 2 aromatic carbocycles. The van der Waals surface area contributed by atoms with E-state index in [1.807, 2.05) is 41.6 Å². The van der Waals surface area contributed by atoms with Crippen molar-refractivity contribution in [1.82, 2.24) is 23.9 Å². The normalized spacial score (nSPS) is 20.0. The Hall–Kier alpha value is -4.35. The molecule has 3 aliphatic rings. The van der Waals surface area contributed by atoms with Crippen molar-refractivity contribution in [2.45, 2.75) is 31.5 Å². The number of nitrogens with zero attached hydrogens (tertiary/aromatic N) is 7. The molecule has 2 amide bonds. The van der Waals surface area contributed by atoms with Crippen molar-refractivity contribution >= 4 is 17.4 Å². The van der Waals surface area contributed by atoms with Crippen LogP contribution in [0.1, 0.15) is 18.4 Å². The van der Waals surface area contributed by atoms with E-state index in [9.17, 15) is 4.79 Å². The average Bonchev–Trinajstić information content (AvgIpc) is 3.61. The number of rotatable bonds is 4. The van der Waals surface area contributed by atoms with Crippen LogP contribution in [-0.2, 0) is 6.54 Å². The molecule has 1 aliphatic carbocycles. The van der Waals surface area contributed by atoms with Gasteiger partial charge in [0.15, 0.2) is 11.5 Å². The third-order valence-corrected chi connectivity index (χ3v) is 8.37. The maximum Gasteiger partial charge on any atom is 0.324 e. The fourth-order valence-electron chi connectivity index (χ4n) is 6.05. The molecule has 8 heteroatoms. The summed E-state index contributed by atoms with van der Waals surface area (Å²) in [6.07, 6.45) is 8.10. The van der Waals surface area contributed by atoms with Crippen LogP contribution < -0.4 is 4.90 Å². The summed E-state index contributed by atoms with van der Waals surface area (Å²) in [7, 11) is 4.23. The first kappa shape index (κ1) is 22.8. The first-order chi connectivity index (χ1) is 18.5. The molecule has 0 unspecified atom stereocenters. The van der Waals surface area contributed by atoms with E-state index in [1.54, 1.807) is 0 Å². The molecule has 1 saturated heterocycles. The maximum absolute atomic E-state index is 13.4. The predicted octanol–water partition coefficient (Wildman–Crippen LogP) is 5.25. The zero-order chi connectivity index (χ0) is 26.0. The highest BCUT2D eigenvalue weighted by atomic mass is 16.2. The fraction of sp³-hybridized carbons (Fsp3) is 0.300. The number of carbonyl (C=O) groups is 1. The number of anilines is 1. The number of hydrogen-bond donors (Lipinski definition) is 0. The third kappa shape index (κ3) is 3.54. The number of imidazole rings is 1. The van der Waals surface area contributed by atoms with Gasteiger partial charge >= 0.3 is 6.03 Å². The minimum absolute atomic E-state index is 0.121. The van der Waals surface area contributed by atoms with Crippen LogP contribution in [-0.4, -0.2) is 69.2 Å². The molecule has 2 aliphatic heterocycles. The molecule has 0 bridgehead atoms. The summed E-state index contributed by atoms with van der Waals surface area (Å²) in [5.41, 5.74) is 7.02. The molecule has 0 N–H and O–H groups in total. The Kier molecular flexibility index (Phi) is 5.17. The van der Waals surface area contributed by atoms with Gasteiger partial charge in [0.05, 0.1) is 18.0 Å². The minimum Gasteiger partial charge on any atom is -0.340 e. The molecule has 0 spiro atoms. The van der Waals surface area contributed by atoms with Gasteiger partial charge in [-0.2, -0.15) is 0 Å². The lowest BCUT2D eigenvalue weighted by atomic mass is 9.85. The molecule has 4 heterocycles. The van der Waals surface area contributed by atoms with E-state index in [0.29, 0.717) is 24.3 Å². The Morgan fingerprint density at radius 2 is 1.84 bits per heavy atom. The minimum atomic E-state index is 0.121. The Balaban J connectivity index is 1.20. The highest BCUT2D eigenvalue weighted by Gasteiger charge is 2.41. The van der Waals surface area contributed by atoms with Crippen molar-refractivity contribution in [3.05, 3.63) is 84.1 Å². The average molecular weight is 504 g/mol. The fourth-order valence-corrected chi connectivity index (χ4v) is 6.05. The van der Waals surface area contributed by atoms with Crippen LogP contribution in [0, 0.1) is 6.57 Å². The van der Waals surface area contributed by atoms with Gasteiger partial charge in [-0.1, -0.05) is 24.3 Å². The van der Waals surface area contributed by atoms with Crippen molar-refractivity contribution in [3.8, 4) is 28.3 Å². The standard InChI is InChI=1S/C30H29N7O/c1-31-23-6-4-20(5-7-23)21-15-28-29-32-10-11-37(29)27-9-8-24(14-22(27)19-34(28)18-21)35-12-13-36(30(35)38)26-16-25(17-26)33(2)3/h4-11,14-15,18,25-26H,12-13,16-17,19H2,2-3H3. The van der Waals surface area contributed by atoms with Gasteiger partial charge in [0.25, 0.3) is 0 Å². The van der Waals surface area contributed by atoms with Gasteiger partial charge in [-0.3, -0.25) is 9.47 Å². The monoisotopic (exact) mass is 503 g/mol. The molecule has 8 nitrogen and oxygen atoms in total. The second kappa shape index (κ2) is 8.61. The first-order valence-corrected chi connectivity index (χ1v) is 13.1. The van der Waals surface area contributed by atoms with Crippen LogP contribution in [0.2, 0.25) is 0 Å². The first-order valence-electron chi connectivity index (χ1n) is 13.1. The molecule has 0 atom stereocenters. The number of hydrogen-bond acceptors (Lipinski definition) is 3. The zero-order valence-electron chi connectivity index (χ0n) is 21.6. The molecule has 7 rings (SSSR count). The zero-order valence-corrected chi connectivity index (χ0v) is 21.6. The maximum atomic E-state index is 13.4. The molecule has 4 aromatic rings. The second-order valence-electron chi connectivity index (χ2n) is 10.7. The number of amides is 2. The Morgan fingerprint density at radius 1 is 1.03 bits per heavy atom. The van der Waals surface area contributed by atoms with E-state index in [4.69, 9.17) is 11.6 Å². The van der Waals surface area contributed by atoms with Gasteiger partial charge in [0.2, 0.25) is 0 Å². The van der Waals surface area contributed by atoms with Crippen molar-refractivity contribution in [1.29, 1.82) is 0 Å². The number of carbonyl (C=O) groups excluding carboxylic acids is 1. The molecule has 2 aromatic heterocycles. The summed E-state index contributed by atoms with van der Waals surface area (Å²) in [6, 6.07) is 17.3. The topological polar surface area (TPSA) is 53.9 Å². The number of aromatic nitrogens is 3. The SMILES string of the molecule is [C-]#[N+]c1ccc(-c2cc3n(c2)Cc2cc(N4CCN(C5CC(N(C)C)C5)C4=O)ccc2-n2ccnc2-3)cc1. The van der Waals surface area contributed by atoms with Crippen molar-refractivity contribution in [2.75, 3.05) is 32.1 Å². The van der Waals surface area contributed by atoms with Crippen LogP contribution in [0.25, 0.3) is 33.2 Å². The summed E-state index contributed by atoms with van der Waals surface area (Å²) < 4.78 is 4.37. The summed E-state index contributed by atoms with van der Waals surface area (Å²) in [5, 5.41) is 0. The van der Waals surface area contributed by atoms with E-state index in [0.717, 1.165) is 65.5 Å². The lowest BCUT2D eigenvalue weighted by Gasteiger charge is -2.43. The molecule has 2 fully saturated rings. The van der Waals surface area contributed by atoms with E-state index in [2.05, 4.69) is 68.3 Å². The lowest BCUT2D eigenvalue weighted by molar-refractivity contribution is 0.0847. The van der Waals surface area contributed by atoms with E-state index in [1.165, 1.54) is 0 Å². The number of urea groups is 1. The summed E-state index contributed by atoms with van der Waals surface area (Å²) in [6.45, 7) is 9.40. The quantitative estimate of drug-likeness (QED) is 0.315. The van der Waals surface area contributed by atoms with E-state index < -0.39 is 0 Å². The Labute approximate surface area is 222 Å². The summed E-state index contributed by atoms with van der Waals surface area (Å²) in [5.74, 6) is 0.893. The Bertz CT molecular complexity index is 1580. The summed E-state index contributed by atoms with van der Waals surface area (Å²) in [4.78, 5) is 27.9. The molecule has 1 saturated carbocycles. The highest BCUT2D eigenvalue weighted by Crippen LogP contribution is 2.37.